The predicted octanol–water partition coefficient (Wildman–Crippen LogP) is 2.24. The van der Waals surface area contributed by atoms with Crippen LogP contribution in [0.25, 0.3) is 0 Å². The van der Waals surface area contributed by atoms with E-state index in [4.69, 9.17) is 5.26 Å². The second kappa shape index (κ2) is 3.06. The van der Waals surface area contributed by atoms with E-state index in [-0.39, 0.29) is 0 Å². The van der Waals surface area contributed by atoms with Gasteiger partial charge in [0.15, 0.2) is 0 Å². The van der Waals surface area contributed by atoms with Crippen molar-refractivity contribution in [2.45, 2.75) is 12.3 Å². The number of hydrogen-bond donors (Lipinski definition) is 1. The lowest BCUT2D eigenvalue weighted by Gasteiger charge is -2.05. The summed E-state index contributed by atoms with van der Waals surface area (Å²) in [4.78, 5) is 1.45. The number of nitrogens with one attached hydrogen (secondary N) is 1. The standard InChI is InChI=1S/C10H9BrN2S/c11-10-7(2-12)6-1-5-3-13-4-8(5)9(6)14-10/h5,8,13H,1,3-4H2. The SMILES string of the molecule is N#Cc1c(Br)sc2c1CC1CNCC21. The summed E-state index contributed by atoms with van der Waals surface area (Å²) < 4.78 is 1.02. The van der Waals surface area contributed by atoms with Crippen molar-refractivity contribution < 1.29 is 0 Å². The maximum Gasteiger partial charge on any atom is 0.102 e. The Balaban J connectivity index is 2.13. The quantitative estimate of drug-likeness (QED) is 0.784. The van der Waals surface area contributed by atoms with E-state index in [2.05, 4.69) is 27.3 Å². The van der Waals surface area contributed by atoms with Gasteiger partial charge < -0.3 is 5.32 Å². The molecule has 0 aromatic carbocycles. The molecule has 0 saturated carbocycles. The highest BCUT2D eigenvalue weighted by molar-refractivity contribution is 9.11. The number of rotatable bonds is 0. The third-order valence-corrected chi connectivity index (χ3v) is 5.28. The van der Waals surface area contributed by atoms with Crippen molar-refractivity contribution in [2.24, 2.45) is 5.92 Å². The number of fused-ring (bicyclic) bond motifs is 3. The molecule has 1 N–H and O–H groups in total. The Morgan fingerprint density at radius 2 is 2.36 bits per heavy atom. The van der Waals surface area contributed by atoms with Gasteiger partial charge in [0.05, 0.1) is 9.35 Å². The Morgan fingerprint density at radius 1 is 1.50 bits per heavy atom. The highest BCUT2D eigenvalue weighted by Gasteiger charge is 2.39. The van der Waals surface area contributed by atoms with Gasteiger partial charge in [-0.3, -0.25) is 0 Å². The fourth-order valence-electron chi connectivity index (χ4n) is 2.58. The number of hydrogen-bond acceptors (Lipinski definition) is 3. The van der Waals surface area contributed by atoms with Crippen LogP contribution in [0.3, 0.4) is 0 Å². The molecular weight excluding hydrogens is 260 g/mol. The van der Waals surface area contributed by atoms with Crippen molar-refractivity contribution in [1.82, 2.24) is 5.32 Å². The van der Waals surface area contributed by atoms with Crippen LogP contribution in [0.4, 0.5) is 0 Å². The van der Waals surface area contributed by atoms with Crippen LogP contribution in [0, 0.1) is 17.2 Å². The first-order valence-corrected chi connectivity index (χ1v) is 6.34. The highest BCUT2D eigenvalue weighted by Crippen LogP contribution is 2.48. The summed E-state index contributed by atoms with van der Waals surface area (Å²) in [5, 5.41) is 12.5. The van der Waals surface area contributed by atoms with Gasteiger partial charge in [-0.1, -0.05) is 0 Å². The van der Waals surface area contributed by atoms with E-state index < -0.39 is 0 Å². The zero-order valence-electron chi connectivity index (χ0n) is 7.51. The van der Waals surface area contributed by atoms with Crippen LogP contribution in [-0.4, -0.2) is 13.1 Å². The van der Waals surface area contributed by atoms with Crippen LogP contribution in [0.2, 0.25) is 0 Å². The third-order valence-electron chi connectivity index (χ3n) is 3.25. The molecule has 3 rings (SSSR count). The average molecular weight is 269 g/mol. The summed E-state index contributed by atoms with van der Waals surface area (Å²) >= 11 is 5.23. The molecule has 1 saturated heterocycles. The normalized spacial score (nSPS) is 28.6. The molecule has 1 aromatic heterocycles. The van der Waals surface area contributed by atoms with Crippen LogP contribution in [0.5, 0.6) is 0 Å². The monoisotopic (exact) mass is 268 g/mol. The van der Waals surface area contributed by atoms with E-state index >= 15 is 0 Å². The van der Waals surface area contributed by atoms with E-state index in [1.54, 1.807) is 11.3 Å². The minimum absolute atomic E-state index is 0.674. The summed E-state index contributed by atoms with van der Waals surface area (Å²) in [6, 6.07) is 2.31. The van der Waals surface area contributed by atoms with Crippen LogP contribution in [0.15, 0.2) is 3.79 Å². The molecule has 1 aliphatic heterocycles. The first-order chi connectivity index (χ1) is 6.81. The van der Waals surface area contributed by atoms with Crippen molar-refractivity contribution in [1.29, 1.82) is 5.26 Å². The molecule has 0 amide bonds. The van der Waals surface area contributed by atoms with Crippen molar-refractivity contribution in [3.8, 4) is 6.07 Å². The molecule has 2 unspecified atom stereocenters. The van der Waals surface area contributed by atoms with Crippen LogP contribution < -0.4 is 5.32 Å². The molecule has 2 atom stereocenters. The molecule has 0 spiro atoms. The Morgan fingerprint density at radius 3 is 3.14 bits per heavy atom. The lowest BCUT2D eigenvalue weighted by molar-refractivity contribution is 0.566. The van der Waals surface area contributed by atoms with E-state index in [0.29, 0.717) is 5.92 Å². The van der Waals surface area contributed by atoms with Crippen LogP contribution in [0.1, 0.15) is 21.9 Å². The van der Waals surface area contributed by atoms with Crippen molar-refractivity contribution in [3.63, 3.8) is 0 Å². The smallest absolute Gasteiger partial charge is 0.102 e. The highest BCUT2D eigenvalue weighted by atomic mass is 79.9. The largest absolute Gasteiger partial charge is 0.316 e. The molecule has 72 valence electrons. The molecule has 2 heterocycles. The Kier molecular flexibility index (Phi) is 1.94. The zero-order chi connectivity index (χ0) is 9.71. The van der Waals surface area contributed by atoms with Crippen LogP contribution in [-0.2, 0) is 6.42 Å². The van der Waals surface area contributed by atoms with Gasteiger partial charge in [-0.05, 0) is 40.4 Å². The van der Waals surface area contributed by atoms with Gasteiger partial charge >= 0.3 is 0 Å². The Labute approximate surface area is 95.1 Å². The van der Waals surface area contributed by atoms with Gasteiger partial charge in [0.25, 0.3) is 0 Å². The Bertz CT molecular complexity index is 432. The van der Waals surface area contributed by atoms with Gasteiger partial charge in [-0.15, -0.1) is 11.3 Å². The first-order valence-electron chi connectivity index (χ1n) is 4.73. The third kappa shape index (κ3) is 1.04. The summed E-state index contributed by atoms with van der Waals surface area (Å²) in [7, 11) is 0. The minimum atomic E-state index is 0.674. The van der Waals surface area contributed by atoms with Gasteiger partial charge in [-0.25, -0.2) is 0 Å². The number of nitrogens with zero attached hydrogens (tertiary/aromatic N) is 1. The fraction of sp³-hybridized carbons (Fsp3) is 0.500. The summed E-state index contributed by atoms with van der Waals surface area (Å²) in [5.74, 6) is 1.42. The molecule has 1 fully saturated rings. The lowest BCUT2D eigenvalue weighted by atomic mass is 10.0. The first kappa shape index (κ1) is 8.90. The minimum Gasteiger partial charge on any atom is -0.316 e. The molecule has 0 bridgehead atoms. The average Bonchev–Trinajstić information content (AvgIpc) is 2.76. The van der Waals surface area contributed by atoms with Gasteiger partial charge in [0.2, 0.25) is 0 Å². The predicted molar refractivity (Wildman–Crippen MR) is 59.5 cm³/mol. The molecule has 2 nitrogen and oxygen atoms in total. The van der Waals surface area contributed by atoms with E-state index in [1.807, 2.05) is 0 Å². The van der Waals surface area contributed by atoms with Gasteiger partial charge in [0, 0.05) is 17.3 Å². The molecule has 4 heteroatoms. The summed E-state index contributed by atoms with van der Waals surface area (Å²) in [6.45, 7) is 2.21. The second-order valence-corrected chi connectivity index (χ2v) is 6.30. The number of halogens is 1. The van der Waals surface area contributed by atoms with E-state index in [1.165, 1.54) is 10.4 Å². The maximum atomic E-state index is 9.05. The van der Waals surface area contributed by atoms with E-state index in [9.17, 15) is 0 Å². The van der Waals surface area contributed by atoms with Crippen LogP contribution >= 0.6 is 27.3 Å². The van der Waals surface area contributed by atoms with Gasteiger partial charge in [-0.2, -0.15) is 5.26 Å². The zero-order valence-corrected chi connectivity index (χ0v) is 9.91. The molecule has 1 aliphatic carbocycles. The summed E-state index contributed by atoms with van der Waals surface area (Å²) in [5.41, 5.74) is 2.21. The number of thiophene rings is 1. The summed E-state index contributed by atoms with van der Waals surface area (Å²) in [6.07, 6.45) is 1.10. The van der Waals surface area contributed by atoms with E-state index in [0.717, 1.165) is 34.8 Å². The van der Waals surface area contributed by atoms with Crippen molar-refractivity contribution >= 4 is 27.3 Å². The number of nitriles is 1. The molecule has 1 aromatic rings. The maximum absolute atomic E-state index is 9.05. The Hall–Kier alpha value is -0.370. The lowest BCUT2D eigenvalue weighted by Crippen LogP contribution is -2.10. The van der Waals surface area contributed by atoms with Gasteiger partial charge in [0.1, 0.15) is 6.07 Å². The molecule has 2 aliphatic rings. The molecule has 14 heavy (non-hydrogen) atoms. The van der Waals surface area contributed by atoms with Crippen molar-refractivity contribution in [3.05, 3.63) is 19.8 Å². The fourth-order valence-corrected chi connectivity index (χ4v) is 4.63. The molecular formula is C10H9BrN2S. The second-order valence-electron chi connectivity index (χ2n) is 3.93. The van der Waals surface area contributed by atoms with Crippen molar-refractivity contribution in [2.75, 3.05) is 13.1 Å². The topological polar surface area (TPSA) is 35.8 Å². The molecule has 0 radical (unpaired) electrons.